The second kappa shape index (κ2) is 6.18. The van der Waals surface area contributed by atoms with Gasteiger partial charge in [-0.3, -0.25) is 4.79 Å². The van der Waals surface area contributed by atoms with Crippen LogP contribution in [-0.4, -0.2) is 26.0 Å². The monoisotopic (exact) mass is 366 g/mol. The standard InChI is InChI=1S/C17H19FN2O4S/c1-10(2)3-4-11-5-6-12-8-14(21)17(16(18)13(12)7-11)20-9-15(22)19-25(20,23)24/h5-8,10,21H,3-4,9H2,1-2H3,(H,19,22). The van der Waals surface area contributed by atoms with E-state index < -0.39 is 39.9 Å². The summed E-state index contributed by atoms with van der Waals surface area (Å²) in [5, 5.41) is 10.8. The summed E-state index contributed by atoms with van der Waals surface area (Å²) < 4.78 is 41.3. The third-order valence-electron chi connectivity index (χ3n) is 4.18. The van der Waals surface area contributed by atoms with E-state index in [0.29, 0.717) is 15.6 Å². The van der Waals surface area contributed by atoms with E-state index in [9.17, 15) is 18.3 Å². The zero-order valence-corrected chi connectivity index (χ0v) is 14.7. The summed E-state index contributed by atoms with van der Waals surface area (Å²) in [5.41, 5.74) is 0.419. The van der Waals surface area contributed by atoms with Crippen LogP contribution in [0.4, 0.5) is 10.1 Å². The Morgan fingerprint density at radius 2 is 2.04 bits per heavy atom. The molecule has 1 heterocycles. The van der Waals surface area contributed by atoms with Crippen molar-refractivity contribution in [2.24, 2.45) is 5.92 Å². The van der Waals surface area contributed by atoms with Crippen LogP contribution in [0.15, 0.2) is 24.3 Å². The lowest BCUT2D eigenvalue weighted by Gasteiger charge is -2.18. The van der Waals surface area contributed by atoms with Crippen LogP contribution in [0.2, 0.25) is 0 Å². The first-order valence-corrected chi connectivity index (χ1v) is 9.40. The SMILES string of the molecule is CC(C)CCc1ccc2cc(O)c(N3CC(=O)NS3(=O)=O)c(F)c2c1. The molecule has 1 fully saturated rings. The Kier molecular flexibility index (Phi) is 4.32. The molecule has 8 heteroatoms. The third-order valence-corrected chi connectivity index (χ3v) is 5.55. The normalized spacial score (nSPS) is 16.6. The molecule has 134 valence electrons. The number of aryl methyl sites for hydroxylation is 1. The van der Waals surface area contributed by atoms with Crippen LogP contribution in [-0.2, 0) is 21.4 Å². The number of carbonyl (C=O) groups excluding carboxylic acids is 1. The summed E-state index contributed by atoms with van der Waals surface area (Å²) in [4.78, 5) is 11.4. The maximum absolute atomic E-state index is 15.0. The van der Waals surface area contributed by atoms with Gasteiger partial charge in [0.25, 0.3) is 5.91 Å². The summed E-state index contributed by atoms with van der Waals surface area (Å²) in [6, 6.07) is 6.52. The highest BCUT2D eigenvalue weighted by atomic mass is 32.2. The molecule has 0 atom stereocenters. The minimum atomic E-state index is -4.20. The Labute approximate surface area is 145 Å². The largest absolute Gasteiger partial charge is 0.506 e. The molecular formula is C17H19FN2O4S. The van der Waals surface area contributed by atoms with E-state index in [1.807, 2.05) is 6.07 Å². The van der Waals surface area contributed by atoms with Crippen LogP contribution < -0.4 is 9.03 Å². The predicted octanol–water partition coefficient (Wildman–Crippen LogP) is 2.45. The van der Waals surface area contributed by atoms with E-state index in [1.54, 1.807) is 16.9 Å². The number of hydrogen-bond acceptors (Lipinski definition) is 4. The Morgan fingerprint density at radius 3 is 2.64 bits per heavy atom. The van der Waals surface area contributed by atoms with Crippen LogP contribution in [0, 0.1) is 11.7 Å². The van der Waals surface area contributed by atoms with Crippen molar-refractivity contribution in [1.82, 2.24) is 4.72 Å². The van der Waals surface area contributed by atoms with Gasteiger partial charge in [-0.25, -0.2) is 13.4 Å². The molecule has 25 heavy (non-hydrogen) atoms. The van der Waals surface area contributed by atoms with Gasteiger partial charge < -0.3 is 5.11 Å². The van der Waals surface area contributed by atoms with Crippen molar-refractivity contribution in [3.05, 3.63) is 35.6 Å². The van der Waals surface area contributed by atoms with E-state index in [0.717, 1.165) is 18.4 Å². The van der Waals surface area contributed by atoms with Gasteiger partial charge in [0.05, 0.1) is 0 Å². The van der Waals surface area contributed by atoms with Gasteiger partial charge >= 0.3 is 10.2 Å². The van der Waals surface area contributed by atoms with Crippen molar-refractivity contribution in [2.75, 3.05) is 10.8 Å². The molecule has 2 N–H and O–H groups in total. The minimum absolute atomic E-state index is 0.212. The molecule has 2 aromatic rings. The van der Waals surface area contributed by atoms with Crippen molar-refractivity contribution in [1.29, 1.82) is 0 Å². The lowest BCUT2D eigenvalue weighted by molar-refractivity contribution is -0.117. The Hall–Kier alpha value is -2.35. The van der Waals surface area contributed by atoms with Gasteiger partial charge in [0.15, 0.2) is 5.82 Å². The average Bonchev–Trinajstić information content (AvgIpc) is 2.78. The number of fused-ring (bicyclic) bond motifs is 1. The first kappa shape index (κ1) is 17.5. The van der Waals surface area contributed by atoms with Crippen LogP contribution >= 0.6 is 0 Å². The number of anilines is 1. The number of phenolic OH excluding ortho intramolecular Hbond substituents is 1. The Balaban J connectivity index is 2.12. The highest BCUT2D eigenvalue weighted by molar-refractivity contribution is 7.92. The number of aromatic hydroxyl groups is 1. The van der Waals surface area contributed by atoms with E-state index in [1.165, 1.54) is 6.07 Å². The first-order chi connectivity index (χ1) is 11.7. The zero-order chi connectivity index (χ0) is 18.4. The number of amides is 1. The molecule has 1 saturated heterocycles. The fourth-order valence-corrected chi connectivity index (χ4v) is 4.03. The molecule has 0 aliphatic carbocycles. The number of nitrogens with zero attached hydrogens (tertiary/aromatic N) is 1. The minimum Gasteiger partial charge on any atom is -0.506 e. The van der Waals surface area contributed by atoms with Crippen molar-refractivity contribution >= 4 is 32.6 Å². The van der Waals surface area contributed by atoms with Crippen molar-refractivity contribution in [3.8, 4) is 5.75 Å². The third kappa shape index (κ3) is 3.26. The smallest absolute Gasteiger partial charge is 0.326 e. The second-order valence-electron chi connectivity index (χ2n) is 6.58. The van der Waals surface area contributed by atoms with Gasteiger partial charge in [-0.05, 0) is 41.8 Å². The number of benzene rings is 2. The summed E-state index contributed by atoms with van der Waals surface area (Å²) in [5.74, 6) is -1.66. The highest BCUT2D eigenvalue weighted by Gasteiger charge is 2.37. The van der Waals surface area contributed by atoms with Gasteiger partial charge in [0.2, 0.25) is 0 Å². The molecule has 0 unspecified atom stereocenters. The molecule has 0 bridgehead atoms. The number of carbonyl (C=O) groups is 1. The number of rotatable bonds is 4. The molecule has 0 radical (unpaired) electrons. The van der Waals surface area contributed by atoms with E-state index in [-0.39, 0.29) is 5.39 Å². The fourth-order valence-electron chi connectivity index (χ4n) is 2.87. The van der Waals surface area contributed by atoms with Gasteiger partial charge in [0, 0.05) is 5.39 Å². The number of phenols is 1. The van der Waals surface area contributed by atoms with Crippen LogP contribution in [0.3, 0.4) is 0 Å². The number of nitrogens with one attached hydrogen (secondary N) is 1. The van der Waals surface area contributed by atoms with Crippen LogP contribution in [0.25, 0.3) is 10.8 Å². The predicted molar refractivity (Wildman–Crippen MR) is 93.1 cm³/mol. The van der Waals surface area contributed by atoms with E-state index >= 15 is 4.39 Å². The van der Waals surface area contributed by atoms with Gasteiger partial charge in [-0.2, -0.15) is 8.42 Å². The molecule has 1 aliphatic rings. The Bertz CT molecular complexity index is 957. The summed E-state index contributed by atoms with van der Waals surface area (Å²) in [6.45, 7) is 3.63. The molecular weight excluding hydrogens is 347 g/mol. The fraction of sp³-hybridized carbons (Fsp3) is 0.353. The summed E-state index contributed by atoms with van der Waals surface area (Å²) in [7, 11) is -4.20. The molecule has 2 aromatic carbocycles. The maximum atomic E-state index is 15.0. The van der Waals surface area contributed by atoms with Gasteiger partial charge in [-0.1, -0.05) is 26.0 Å². The maximum Gasteiger partial charge on any atom is 0.326 e. The average molecular weight is 366 g/mol. The molecule has 0 saturated carbocycles. The number of halogens is 1. The van der Waals surface area contributed by atoms with Crippen molar-refractivity contribution in [2.45, 2.75) is 26.7 Å². The molecule has 3 rings (SSSR count). The lowest BCUT2D eigenvalue weighted by atomic mass is 9.99. The van der Waals surface area contributed by atoms with Crippen LogP contribution in [0.5, 0.6) is 5.75 Å². The molecule has 1 aliphatic heterocycles. The van der Waals surface area contributed by atoms with Crippen LogP contribution in [0.1, 0.15) is 25.8 Å². The van der Waals surface area contributed by atoms with Gasteiger partial charge in [0.1, 0.15) is 18.0 Å². The molecule has 0 aromatic heterocycles. The second-order valence-corrected chi connectivity index (χ2v) is 8.18. The first-order valence-electron chi connectivity index (χ1n) is 7.96. The summed E-state index contributed by atoms with van der Waals surface area (Å²) in [6.07, 6.45) is 1.71. The quantitative estimate of drug-likeness (QED) is 0.870. The van der Waals surface area contributed by atoms with Crippen molar-refractivity contribution in [3.63, 3.8) is 0 Å². The van der Waals surface area contributed by atoms with E-state index in [2.05, 4.69) is 13.8 Å². The molecule has 0 spiro atoms. The lowest BCUT2D eigenvalue weighted by Crippen LogP contribution is -2.30. The topological polar surface area (TPSA) is 86.7 Å². The summed E-state index contributed by atoms with van der Waals surface area (Å²) >= 11 is 0. The highest BCUT2D eigenvalue weighted by Crippen LogP contribution is 2.38. The van der Waals surface area contributed by atoms with E-state index in [4.69, 9.17) is 0 Å². The van der Waals surface area contributed by atoms with Gasteiger partial charge in [-0.15, -0.1) is 0 Å². The molecule has 6 nitrogen and oxygen atoms in total. The zero-order valence-electron chi connectivity index (χ0n) is 13.9. The number of hydrogen-bond donors (Lipinski definition) is 2. The Morgan fingerprint density at radius 1 is 1.32 bits per heavy atom. The van der Waals surface area contributed by atoms with Crippen molar-refractivity contribution < 1.29 is 22.7 Å². The molecule has 1 amide bonds.